The van der Waals surface area contributed by atoms with Crippen LogP contribution in [0.4, 0.5) is 0 Å². The molecule has 3 saturated carbocycles. The summed E-state index contributed by atoms with van der Waals surface area (Å²) in [5, 5.41) is 77.7. The van der Waals surface area contributed by atoms with Crippen LogP contribution in [0, 0.1) is 41.4 Å². The fourth-order valence-electron chi connectivity index (χ4n) is 13.2. The van der Waals surface area contributed by atoms with Crippen LogP contribution < -0.4 is 4.74 Å². The summed E-state index contributed by atoms with van der Waals surface area (Å²) in [4.78, 5) is 24.8. The number of ketones is 1. The molecule has 7 aliphatic rings. The van der Waals surface area contributed by atoms with E-state index in [4.69, 9.17) is 18.9 Å². The first-order valence-electron chi connectivity index (χ1n) is 20.6. The molecule has 5 fully saturated rings. The van der Waals surface area contributed by atoms with E-state index in [0.717, 1.165) is 37.0 Å². The lowest BCUT2D eigenvalue weighted by Crippen LogP contribution is -2.70. The monoisotopic (exact) mass is 790 g/mol. The number of carboxylic acid groups (broad SMARTS) is 1. The van der Waals surface area contributed by atoms with Gasteiger partial charge in [0, 0.05) is 29.6 Å². The largest absolute Gasteiger partial charge is 0.507 e. The van der Waals surface area contributed by atoms with Crippen molar-refractivity contribution in [2.24, 2.45) is 34.5 Å². The number of aliphatic hydroxyl groups is 4. The molecule has 57 heavy (non-hydrogen) atoms. The second kappa shape index (κ2) is 14.0. The van der Waals surface area contributed by atoms with E-state index in [1.807, 2.05) is 0 Å². The summed E-state index contributed by atoms with van der Waals surface area (Å²) < 4.78 is 25.8. The van der Waals surface area contributed by atoms with E-state index in [2.05, 4.69) is 6.08 Å². The highest BCUT2D eigenvalue weighted by Gasteiger charge is 2.67. The minimum absolute atomic E-state index is 0.0499. The van der Waals surface area contributed by atoms with Gasteiger partial charge >= 0.3 is 5.97 Å². The van der Waals surface area contributed by atoms with Crippen molar-refractivity contribution in [2.75, 3.05) is 33.0 Å². The number of hydrogen-bond acceptors (Lipinski definition) is 12. The van der Waals surface area contributed by atoms with Crippen LogP contribution in [0.25, 0.3) is 10.8 Å². The highest BCUT2D eigenvalue weighted by atomic mass is 16.7. The van der Waals surface area contributed by atoms with E-state index >= 15 is 0 Å². The maximum absolute atomic E-state index is 12.6. The predicted octanol–water partition coefficient (Wildman–Crippen LogP) is 4.69. The van der Waals surface area contributed by atoms with Crippen molar-refractivity contribution < 1.29 is 64.3 Å². The molecule has 4 aliphatic carbocycles. The Balaban J connectivity index is 1.10. The number of ether oxygens (including phenoxy) is 4. The lowest BCUT2D eigenvalue weighted by molar-refractivity contribution is -0.326. The Hall–Kier alpha value is -3.56. The number of allylic oxidation sites excluding steroid dienone is 2. The molecular formula is C44H54O13. The first-order chi connectivity index (χ1) is 27.3. The summed E-state index contributed by atoms with van der Waals surface area (Å²) in [5.74, 6) is -2.45. The van der Waals surface area contributed by atoms with Crippen molar-refractivity contribution in [2.45, 2.75) is 108 Å². The van der Waals surface area contributed by atoms with Gasteiger partial charge in [0.25, 0.3) is 0 Å². The molecule has 9 rings (SSSR count). The molecular weight excluding hydrogens is 736 g/mol. The van der Waals surface area contributed by atoms with Crippen LogP contribution in [0.2, 0.25) is 0 Å². The van der Waals surface area contributed by atoms with Gasteiger partial charge in [-0.25, -0.2) is 4.79 Å². The van der Waals surface area contributed by atoms with Gasteiger partial charge in [-0.3, -0.25) is 4.79 Å². The zero-order valence-electron chi connectivity index (χ0n) is 32.5. The van der Waals surface area contributed by atoms with Crippen LogP contribution in [0.15, 0.2) is 34.9 Å². The molecule has 3 heterocycles. The zero-order chi connectivity index (χ0) is 40.2. The first-order valence-corrected chi connectivity index (χ1v) is 20.6. The van der Waals surface area contributed by atoms with E-state index in [1.165, 1.54) is 50.7 Å². The van der Waals surface area contributed by atoms with E-state index in [-0.39, 0.29) is 81.4 Å². The van der Waals surface area contributed by atoms with Gasteiger partial charge in [-0.15, -0.1) is 0 Å². The SMILES string of the molecule is CC(=O)c1c(C)c(O)c2cc(C(=O)O)cc(OC3OC(CO)C4(CC5C6=C(CC=C6C6(CCCO)COCC7CC8(CCCC8)CC5C76)CO4)C(O)C3O)c2c1O. The first kappa shape index (κ1) is 38.9. The van der Waals surface area contributed by atoms with Crippen molar-refractivity contribution in [1.82, 2.24) is 0 Å². The van der Waals surface area contributed by atoms with E-state index in [1.54, 1.807) is 0 Å². The number of phenols is 2. The number of phenolic OH excluding ortho intramolecular Hbond substituents is 2. The van der Waals surface area contributed by atoms with Gasteiger partial charge in [0.1, 0.15) is 41.2 Å². The standard InChI is InChI=1S/C44H54O13/c1-21-32(22(2)47)37(49)34-26(36(21)48)12-24(40(52)53)13-30(34)56-41-38(50)39(51)44(31(17-46)57-41)16-27-28-15-42(8-3-4-9-42)14-25-18-54-20-43(35(25)28,10-5-11-45)29-7-6-23(19-55-44)33(27)29/h7,12-13,25,27-28,31,35,38-39,41,45-46,48-51H,3-6,8-11,14-20H2,1-2H3,(H,52,53). The molecule has 2 aromatic rings. The second-order valence-electron chi connectivity index (χ2n) is 18.1. The molecule has 3 aliphatic heterocycles. The molecule has 0 aromatic heterocycles. The molecule has 7 N–H and O–H groups in total. The summed E-state index contributed by atoms with van der Waals surface area (Å²) in [6.07, 6.45) is 5.33. The van der Waals surface area contributed by atoms with Gasteiger partial charge in [-0.2, -0.15) is 0 Å². The molecule has 2 saturated heterocycles. The lowest BCUT2D eigenvalue weighted by atomic mass is 9.43. The highest BCUT2D eigenvalue weighted by Crippen LogP contribution is 2.70. The molecule has 308 valence electrons. The van der Waals surface area contributed by atoms with Gasteiger partial charge < -0.3 is 54.7 Å². The van der Waals surface area contributed by atoms with Crippen molar-refractivity contribution in [3.05, 3.63) is 51.6 Å². The van der Waals surface area contributed by atoms with Crippen LogP contribution in [-0.2, 0) is 14.2 Å². The Morgan fingerprint density at radius 2 is 1.81 bits per heavy atom. The number of Topliss-reactive ketones (excluding diaryl/α,β-unsaturated/α-hetero) is 1. The number of carbonyl (C=O) groups excluding carboxylic acids is 1. The van der Waals surface area contributed by atoms with Crippen molar-refractivity contribution in [3.8, 4) is 17.2 Å². The summed E-state index contributed by atoms with van der Waals surface area (Å²) >= 11 is 0. The summed E-state index contributed by atoms with van der Waals surface area (Å²) in [7, 11) is 0. The van der Waals surface area contributed by atoms with Crippen LogP contribution in [0.1, 0.15) is 97.4 Å². The average molecular weight is 791 g/mol. The maximum Gasteiger partial charge on any atom is 0.335 e. The van der Waals surface area contributed by atoms with Gasteiger partial charge in [0.05, 0.1) is 36.3 Å². The number of aromatic carboxylic acids is 1. The number of carbonyl (C=O) groups is 2. The Bertz CT molecular complexity index is 2060. The van der Waals surface area contributed by atoms with Gasteiger partial charge in [-0.05, 0) is 123 Å². The number of rotatable bonds is 8. The van der Waals surface area contributed by atoms with Gasteiger partial charge in [0.2, 0.25) is 6.29 Å². The van der Waals surface area contributed by atoms with Crippen LogP contribution in [0.3, 0.4) is 0 Å². The molecule has 2 aromatic carbocycles. The minimum Gasteiger partial charge on any atom is -0.507 e. The number of aliphatic hydroxyl groups excluding tert-OH is 4. The average Bonchev–Trinajstić information content (AvgIpc) is 3.79. The van der Waals surface area contributed by atoms with Crippen molar-refractivity contribution in [3.63, 3.8) is 0 Å². The number of fused-ring (bicyclic) bond motifs is 3. The summed E-state index contributed by atoms with van der Waals surface area (Å²) in [6.45, 7) is 3.58. The molecule has 10 unspecified atom stereocenters. The normalized spacial score (nSPS) is 36.6. The predicted molar refractivity (Wildman–Crippen MR) is 204 cm³/mol. The third kappa shape index (κ3) is 5.67. The van der Waals surface area contributed by atoms with Crippen LogP contribution >= 0.6 is 0 Å². The number of hydrogen-bond donors (Lipinski definition) is 7. The molecule has 10 atom stereocenters. The highest BCUT2D eigenvalue weighted by molar-refractivity contribution is 6.11. The van der Waals surface area contributed by atoms with Gasteiger partial charge in [0.15, 0.2) is 5.78 Å². The smallest absolute Gasteiger partial charge is 0.335 e. The lowest BCUT2D eigenvalue weighted by Gasteiger charge is -2.64. The van der Waals surface area contributed by atoms with Crippen molar-refractivity contribution >= 4 is 22.5 Å². The summed E-state index contributed by atoms with van der Waals surface area (Å²) in [5.41, 5.74) is 1.56. The third-order valence-corrected chi connectivity index (χ3v) is 15.3. The van der Waals surface area contributed by atoms with Crippen LogP contribution in [-0.4, -0.2) is 111 Å². The zero-order valence-corrected chi connectivity index (χ0v) is 32.5. The molecule has 0 bridgehead atoms. The quantitative estimate of drug-likeness (QED) is 0.143. The third-order valence-electron chi connectivity index (χ3n) is 15.3. The van der Waals surface area contributed by atoms with E-state index < -0.39 is 60.1 Å². The van der Waals surface area contributed by atoms with E-state index in [0.29, 0.717) is 32.0 Å². The van der Waals surface area contributed by atoms with E-state index in [9.17, 15) is 45.3 Å². The second-order valence-corrected chi connectivity index (χ2v) is 18.1. The topological polar surface area (TPSA) is 213 Å². The number of benzene rings is 2. The fourth-order valence-corrected chi connectivity index (χ4v) is 13.2. The Kier molecular flexibility index (Phi) is 9.58. The fraction of sp³-hybridized carbons (Fsp3) is 0.636. The molecule has 0 radical (unpaired) electrons. The molecule has 2 spiro atoms. The Morgan fingerprint density at radius 1 is 1.04 bits per heavy atom. The number of carboxylic acids is 1. The Labute approximate surface area is 330 Å². The van der Waals surface area contributed by atoms with Crippen LogP contribution in [0.5, 0.6) is 17.2 Å². The van der Waals surface area contributed by atoms with Crippen molar-refractivity contribution in [1.29, 1.82) is 0 Å². The number of aromatic hydroxyl groups is 2. The van der Waals surface area contributed by atoms with Gasteiger partial charge in [-0.1, -0.05) is 18.9 Å². The molecule has 13 heteroatoms. The molecule has 13 nitrogen and oxygen atoms in total. The molecule has 0 amide bonds. The maximum atomic E-state index is 12.6. The minimum atomic E-state index is -1.77. The summed E-state index contributed by atoms with van der Waals surface area (Å²) in [6, 6.07) is 2.24. The Morgan fingerprint density at radius 3 is 2.51 bits per heavy atom.